The van der Waals surface area contributed by atoms with Crippen LogP contribution in [0.4, 0.5) is 5.69 Å². The van der Waals surface area contributed by atoms with Crippen LogP contribution in [0.5, 0.6) is 5.75 Å². The van der Waals surface area contributed by atoms with E-state index in [1.165, 1.54) is 25.3 Å². The van der Waals surface area contributed by atoms with Crippen molar-refractivity contribution >= 4 is 21.6 Å². The third-order valence-corrected chi connectivity index (χ3v) is 5.56. The van der Waals surface area contributed by atoms with Gasteiger partial charge in [-0.2, -0.15) is 0 Å². The van der Waals surface area contributed by atoms with Crippen molar-refractivity contribution in [2.45, 2.75) is 17.9 Å². The molecule has 2 N–H and O–H groups in total. The molecule has 149 valence electrons. The number of benzene rings is 2. The van der Waals surface area contributed by atoms with Gasteiger partial charge in [0.1, 0.15) is 5.75 Å². The number of methoxy groups -OCH3 is 1. The molecule has 0 heterocycles. The second-order valence-electron chi connectivity index (χ2n) is 6.32. The number of carbonyl (C=O) groups is 1. The largest absolute Gasteiger partial charge is 0.497 e. The summed E-state index contributed by atoms with van der Waals surface area (Å²) >= 11 is 0. The average molecular weight is 402 g/mol. The number of carbonyl (C=O) groups excluding carboxylic acids is 1. The summed E-state index contributed by atoms with van der Waals surface area (Å²) in [7, 11) is -2.27. The average Bonchev–Trinajstić information content (AvgIpc) is 2.68. The summed E-state index contributed by atoms with van der Waals surface area (Å²) in [6, 6.07) is 12.2. The first-order valence-corrected chi connectivity index (χ1v) is 10.1. The summed E-state index contributed by atoms with van der Waals surface area (Å²) < 4.78 is 32.7. The molecule has 3 rings (SSSR count). The highest BCUT2D eigenvalue weighted by Gasteiger charge is 2.17. The van der Waals surface area contributed by atoms with E-state index in [2.05, 4.69) is 10.0 Å². The van der Waals surface area contributed by atoms with Crippen LogP contribution in [0.2, 0.25) is 0 Å². The molecule has 0 aromatic heterocycles. The van der Waals surface area contributed by atoms with Crippen molar-refractivity contribution in [1.82, 2.24) is 5.32 Å². The molecule has 0 saturated carbocycles. The highest BCUT2D eigenvalue weighted by molar-refractivity contribution is 7.92. The molecule has 0 saturated heterocycles. The normalized spacial score (nSPS) is 16.2. The number of anilines is 1. The van der Waals surface area contributed by atoms with E-state index in [-0.39, 0.29) is 19.7 Å². The predicted molar refractivity (Wildman–Crippen MR) is 113 cm³/mol. The Morgan fingerprint density at radius 1 is 1.14 bits per heavy atom. The van der Waals surface area contributed by atoms with Crippen LogP contribution in [0.1, 0.15) is 20.1 Å². The van der Waals surface area contributed by atoms with Crippen molar-refractivity contribution in [3.05, 3.63) is 84.3 Å². The summed E-state index contributed by atoms with van der Waals surface area (Å²) in [5.41, 5.74) is 1.74. The van der Waals surface area contributed by atoms with Gasteiger partial charge in [0.25, 0.3) is 15.9 Å². The fraction of sp³-hybridized carbons (Fsp3) is 0.143. The SMILES string of the molecule is COc1ccc(S(=O)(=O)Nc2cccc(C(=O)NC3[CH]C(C)=CC=C3)c2)cc1.[HH].[HH]. The molecular weight excluding hydrogens is 376 g/mol. The van der Waals surface area contributed by atoms with E-state index >= 15 is 0 Å². The third kappa shape index (κ3) is 4.80. The van der Waals surface area contributed by atoms with Crippen LogP contribution >= 0.6 is 0 Å². The molecular formula is C21H25N2O4S. The fourth-order valence-corrected chi connectivity index (χ4v) is 3.79. The Balaban J connectivity index is 0.00000225. The molecule has 1 aliphatic rings. The van der Waals surface area contributed by atoms with Crippen molar-refractivity contribution in [2.24, 2.45) is 0 Å². The molecule has 2 aromatic carbocycles. The van der Waals surface area contributed by atoms with Crippen molar-refractivity contribution in [2.75, 3.05) is 11.8 Å². The Morgan fingerprint density at radius 2 is 1.89 bits per heavy atom. The lowest BCUT2D eigenvalue weighted by molar-refractivity contribution is 0.0948. The summed E-state index contributed by atoms with van der Waals surface area (Å²) in [4.78, 5) is 12.6. The van der Waals surface area contributed by atoms with Gasteiger partial charge < -0.3 is 10.1 Å². The van der Waals surface area contributed by atoms with E-state index in [9.17, 15) is 13.2 Å². The van der Waals surface area contributed by atoms with Gasteiger partial charge in [0.05, 0.1) is 18.0 Å². The standard InChI is InChI=1S/C21H21N2O4S.2H2/c1-15-5-3-7-17(13-15)22-21(24)16-6-4-8-18(14-16)23-28(25,26)20-11-9-19(27-2)10-12-20;;/h3-14,17,23H,1-2H3,(H,22,24);2*1H. The second kappa shape index (κ2) is 8.31. The smallest absolute Gasteiger partial charge is 0.261 e. The monoisotopic (exact) mass is 401 g/mol. The van der Waals surface area contributed by atoms with Crippen molar-refractivity contribution < 1.29 is 20.8 Å². The molecule has 6 nitrogen and oxygen atoms in total. The van der Waals surface area contributed by atoms with Crippen molar-refractivity contribution in [3.63, 3.8) is 0 Å². The van der Waals surface area contributed by atoms with Crippen LogP contribution in [0.25, 0.3) is 0 Å². The molecule has 28 heavy (non-hydrogen) atoms. The molecule has 2 aromatic rings. The molecule has 0 aliphatic heterocycles. The molecule has 0 bridgehead atoms. The first kappa shape index (κ1) is 19.7. The molecule has 7 heteroatoms. The molecule has 1 radical (unpaired) electrons. The molecule has 1 unspecified atom stereocenters. The number of amides is 1. The lowest BCUT2D eigenvalue weighted by atomic mass is 10.0. The zero-order chi connectivity index (χ0) is 20.1. The highest BCUT2D eigenvalue weighted by Crippen LogP contribution is 2.20. The van der Waals surface area contributed by atoms with Crippen LogP contribution < -0.4 is 14.8 Å². The first-order chi connectivity index (χ1) is 13.4. The lowest BCUT2D eigenvalue weighted by Gasteiger charge is -2.18. The summed E-state index contributed by atoms with van der Waals surface area (Å²) in [6.45, 7) is 1.96. The quantitative estimate of drug-likeness (QED) is 0.771. The van der Waals surface area contributed by atoms with E-state index in [0.29, 0.717) is 17.0 Å². The molecule has 1 atom stereocenters. The van der Waals surface area contributed by atoms with E-state index in [1.54, 1.807) is 30.3 Å². The molecule has 0 spiro atoms. The van der Waals surface area contributed by atoms with Gasteiger partial charge in [-0.15, -0.1) is 0 Å². The zero-order valence-electron chi connectivity index (χ0n) is 15.5. The number of rotatable bonds is 6. The zero-order valence-corrected chi connectivity index (χ0v) is 16.4. The van der Waals surface area contributed by atoms with Crippen LogP contribution in [-0.2, 0) is 10.0 Å². The van der Waals surface area contributed by atoms with Gasteiger partial charge >= 0.3 is 0 Å². The van der Waals surface area contributed by atoms with Gasteiger partial charge in [0.15, 0.2) is 0 Å². The van der Waals surface area contributed by atoms with Gasteiger partial charge in [-0.25, -0.2) is 8.42 Å². The van der Waals surface area contributed by atoms with E-state index in [4.69, 9.17) is 4.74 Å². The maximum Gasteiger partial charge on any atom is 0.261 e. The highest BCUT2D eigenvalue weighted by atomic mass is 32.2. The molecule has 1 aliphatic carbocycles. The van der Waals surface area contributed by atoms with Crippen LogP contribution in [0, 0.1) is 6.42 Å². The van der Waals surface area contributed by atoms with Crippen LogP contribution in [0.15, 0.2) is 77.2 Å². The van der Waals surface area contributed by atoms with Gasteiger partial charge in [-0.05, 0) is 49.4 Å². The Kier molecular flexibility index (Phi) is 5.84. The van der Waals surface area contributed by atoms with Crippen LogP contribution in [0.3, 0.4) is 0 Å². The number of ether oxygens (including phenoxy) is 1. The van der Waals surface area contributed by atoms with E-state index in [0.717, 1.165) is 5.57 Å². The van der Waals surface area contributed by atoms with Gasteiger partial charge in [-0.3, -0.25) is 9.52 Å². The number of allylic oxidation sites excluding steroid dienone is 2. The minimum atomic E-state index is -3.78. The summed E-state index contributed by atoms with van der Waals surface area (Å²) in [6.07, 6.45) is 7.66. The van der Waals surface area contributed by atoms with Gasteiger partial charge in [-0.1, -0.05) is 29.9 Å². The first-order valence-electron chi connectivity index (χ1n) is 8.65. The number of hydrogen-bond acceptors (Lipinski definition) is 4. The molecule has 0 fully saturated rings. The van der Waals surface area contributed by atoms with E-state index < -0.39 is 10.0 Å². The minimum absolute atomic E-state index is 0. The maximum atomic E-state index is 12.6. The Bertz CT molecular complexity index is 1040. The predicted octanol–water partition coefficient (Wildman–Crippen LogP) is 3.81. The van der Waals surface area contributed by atoms with Gasteiger partial charge in [0.2, 0.25) is 0 Å². The fourth-order valence-electron chi connectivity index (χ4n) is 2.74. The van der Waals surface area contributed by atoms with Crippen LogP contribution in [-0.4, -0.2) is 27.5 Å². The topological polar surface area (TPSA) is 84.5 Å². The Hall–Kier alpha value is -3.06. The Labute approximate surface area is 167 Å². The summed E-state index contributed by atoms with van der Waals surface area (Å²) in [5.74, 6) is 0.280. The number of nitrogens with one attached hydrogen (secondary N) is 2. The number of hydrogen-bond donors (Lipinski definition) is 2. The van der Waals surface area contributed by atoms with Crippen molar-refractivity contribution in [1.29, 1.82) is 0 Å². The van der Waals surface area contributed by atoms with E-state index in [1.807, 2.05) is 31.6 Å². The molecule has 1 amide bonds. The lowest BCUT2D eigenvalue weighted by Crippen LogP contribution is -2.34. The van der Waals surface area contributed by atoms with Crippen molar-refractivity contribution in [3.8, 4) is 5.75 Å². The van der Waals surface area contributed by atoms with Gasteiger partial charge in [0, 0.05) is 20.5 Å². The summed E-state index contributed by atoms with van der Waals surface area (Å²) in [5, 5.41) is 2.89. The second-order valence-corrected chi connectivity index (χ2v) is 8.01. The Morgan fingerprint density at radius 3 is 2.57 bits per heavy atom. The third-order valence-electron chi connectivity index (χ3n) is 4.16. The minimum Gasteiger partial charge on any atom is -0.497 e. The maximum absolute atomic E-state index is 12.6. The number of sulfonamides is 1.